The summed E-state index contributed by atoms with van der Waals surface area (Å²) in [7, 11) is 1.84. The number of carbonyl (C=O) groups excluding carboxylic acids is 1. The Bertz CT molecular complexity index is 369. The molecule has 1 aromatic heterocycles. The Labute approximate surface area is 115 Å². The van der Waals surface area contributed by atoms with Gasteiger partial charge in [0.2, 0.25) is 0 Å². The van der Waals surface area contributed by atoms with Crippen LogP contribution in [0.25, 0.3) is 0 Å². The van der Waals surface area contributed by atoms with E-state index in [1.165, 1.54) is 0 Å². The Morgan fingerprint density at radius 3 is 2.82 bits per heavy atom. The zero-order valence-electron chi connectivity index (χ0n) is 10.3. The first-order valence-electron chi connectivity index (χ1n) is 5.44. The maximum Gasteiger partial charge on any atom is 0.255 e. The van der Waals surface area contributed by atoms with Crippen molar-refractivity contribution in [2.45, 2.75) is 19.4 Å². The molecule has 1 unspecified atom stereocenters. The third kappa shape index (κ3) is 4.32. The van der Waals surface area contributed by atoms with Gasteiger partial charge in [-0.3, -0.25) is 4.79 Å². The highest BCUT2D eigenvalue weighted by atomic mass is 79.9. The van der Waals surface area contributed by atoms with Crippen LogP contribution in [0.1, 0.15) is 23.7 Å². The van der Waals surface area contributed by atoms with Gasteiger partial charge < -0.3 is 4.90 Å². The van der Waals surface area contributed by atoms with Crippen LogP contribution in [0.4, 0.5) is 0 Å². The Morgan fingerprint density at radius 1 is 1.59 bits per heavy atom. The van der Waals surface area contributed by atoms with Gasteiger partial charge in [0, 0.05) is 19.3 Å². The number of halogens is 1. The molecule has 94 valence electrons. The molecule has 0 N–H and O–H groups in total. The maximum absolute atomic E-state index is 12.1. The van der Waals surface area contributed by atoms with Gasteiger partial charge in [-0.15, -0.1) is 0 Å². The lowest BCUT2D eigenvalue weighted by Crippen LogP contribution is -2.35. The van der Waals surface area contributed by atoms with E-state index in [9.17, 15) is 4.79 Å². The van der Waals surface area contributed by atoms with E-state index < -0.39 is 0 Å². The molecule has 0 aromatic carbocycles. The summed E-state index contributed by atoms with van der Waals surface area (Å²) in [5, 5.41) is 0. The topological polar surface area (TPSA) is 33.2 Å². The van der Waals surface area contributed by atoms with Crippen molar-refractivity contribution in [2.75, 3.05) is 19.1 Å². The molecule has 5 heteroatoms. The zero-order chi connectivity index (χ0) is 12.8. The van der Waals surface area contributed by atoms with Crippen LogP contribution < -0.4 is 0 Å². The van der Waals surface area contributed by atoms with Crippen molar-refractivity contribution >= 4 is 33.6 Å². The molecule has 0 bridgehead atoms. The first-order chi connectivity index (χ1) is 8.06. The molecular weight excluding hydrogens is 300 g/mol. The maximum atomic E-state index is 12.1. The van der Waals surface area contributed by atoms with Crippen LogP contribution in [-0.4, -0.2) is 40.9 Å². The third-order valence-electron chi connectivity index (χ3n) is 2.70. The molecule has 0 spiro atoms. The normalized spacial score (nSPS) is 12.2. The molecule has 1 amide bonds. The van der Waals surface area contributed by atoms with Gasteiger partial charge in [0.15, 0.2) is 0 Å². The molecule has 0 saturated carbocycles. The standard InChI is InChI=1S/C12H17BrN2OS/c1-9(6-7-17-3)15(2)12(16)10-4-5-11(13)14-8-10/h4-5,8-9H,6-7H2,1-3H3. The predicted octanol–water partition coefficient (Wildman–Crippen LogP) is 3.06. The number of aromatic nitrogens is 1. The second-order valence-corrected chi connectivity index (χ2v) is 5.71. The number of hydrogen-bond donors (Lipinski definition) is 0. The van der Waals surface area contributed by atoms with Crippen molar-refractivity contribution in [3.63, 3.8) is 0 Å². The summed E-state index contributed by atoms with van der Waals surface area (Å²) >= 11 is 5.06. The molecule has 0 aliphatic carbocycles. The average Bonchev–Trinajstić information content (AvgIpc) is 2.35. The molecule has 0 saturated heterocycles. The molecular formula is C12H17BrN2OS. The van der Waals surface area contributed by atoms with Crippen LogP contribution in [-0.2, 0) is 0 Å². The van der Waals surface area contributed by atoms with Gasteiger partial charge in [-0.05, 0) is 53.4 Å². The lowest BCUT2D eigenvalue weighted by atomic mass is 10.2. The van der Waals surface area contributed by atoms with Crippen molar-refractivity contribution in [1.29, 1.82) is 0 Å². The minimum atomic E-state index is 0.0265. The highest BCUT2D eigenvalue weighted by molar-refractivity contribution is 9.10. The van der Waals surface area contributed by atoms with Crippen molar-refractivity contribution < 1.29 is 4.79 Å². The van der Waals surface area contributed by atoms with E-state index >= 15 is 0 Å². The van der Waals surface area contributed by atoms with Crippen LogP contribution in [0.3, 0.4) is 0 Å². The fourth-order valence-electron chi connectivity index (χ4n) is 1.39. The van der Waals surface area contributed by atoms with Crippen molar-refractivity contribution in [3.05, 3.63) is 28.5 Å². The van der Waals surface area contributed by atoms with E-state index in [-0.39, 0.29) is 11.9 Å². The van der Waals surface area contributed by atoms with Crippen LogP contribution in [0.5, 0.6) is 0 Å². The molecule has 1 rings (SSSR count). The number of amides is 1. The highest BCUT2D eigenvalue weighted by Crippen LogP contribution is 2.12. The molecule has 0 aliphatic heterocycles. The van der Waals surface area contributed by atoms with Crippen LogP contribution in [0.15, 0.2) is 22.9 Å². The number of nitrogens with zero attached hydrogens (tertiary/aromatic N) is 2. The Morgan fingerprint density at radius 2 is 2.29 bits per heavy atom. The van der Waals surface area contributed by atoms with E-state index in [1.807, 2.05) is 7.05 Å². The van der Waals surface area contributed by atoms with E-state index in [4.69, 9.17) is 0 Å². The van der Waals surface area contributed by atoms with Gasteiger partial charge >= 0.3 is 0 Å². The minimum Gasteiger partial charge on any atom is -0.339 e. The van der Waals surface area contributed by atoms with Crippen LogP contribution in [0, 0.1) is 0 Å². The van der Waals surface area contributed by atoms with Crippen LogP contribution >= 0.6 is 27.7 Å². The summed E-state index contributed by atoms with van der Waals surface area (Å²) in [6.45, 7) is 2.07. The van der Waals surface area contributed by atoms with Gasteiger partial charge in [-0.25, -0.2) is 4.98 Å². The molecule has 17 heavy (non-hydrogen) atoms. The Hall–Kier alpha value is -0.550. The predicted molar refractivity (Wildman–Crippen MR) is 76.5 cm³/mol. The summed E-state index contributed by atoms with van der Waals surface area (Å²) in [6.07, 6.45) is 4.69. The summed E-state index contributed by atoms with van der Waals surface area (Å²) < 4.78 is 0.743. The third-order valence-corrected chi connectivity index (χ3v) is 3.81. The number of carbonyl (C=O) groups is 1. The Kier molecular flexibility index (Phi) is 5.98. The van der Waals surface area contributed by atoms with Crippen molar-refractivity contribution in [1.82, 2.24) is 9.88 Å². The smallest absolute Gasteiger partial charge is 0.255 e. The fraction of sp³-hybridized carbons (Fsp3) is 0.500. The minimum absolute atomic E-state index is 0.0265. The quantitative estimate of drug-likeness (QED) is 0.783. The number of rotatable bonds is 5. The first-order valence-corrected chi connectivity index (χ1v) is 7.62. The summed E-state index contributed by atoms with van der Waals surface area (Å²) in [5.74, 6) is 1.09. The van der Waals surface area contributed by atoms with Crippen LogP contribution in [0.2, 0.25) is 0 Å². The monoisotopic (exact) mass is 316 g/mol. The van der Waals surface area contributed by atoms with Crippen molar-refractivity contribution in [2.24, 2.45) is 0 Å². The van der Waals surface area contributed by atoms with Gasteiger partial charge in [0.25, 0.3) is 5.91 Å². The first kappa shape index (κ1) is 14.5. The lowest BCUT2D eigenvalue weighted by Gasteiger charge is -2.24. The molecule has 0 fully saturated rings. The van der Waals surface area contributed by atoms with E-state index in [0.29, 0.717) is 5.56 Å². The average molecular weight is 317 g/mol. The SMILES string of the molecule is CSCCC(C)N(C)C(=O)c1ccc(Br)nc1. The molecule has 1 heterocycles. The van der Waals surface area contributed by atoms with Gasteiger partial charge in [0.1, 0.15) is 4.60 Å². The highest BCUT2D eigenvalue weighted by Gasteiger charge is 2.17. The molecule has 1 atom stereocenters. The van der Waals surface area contributed by atoms with E-state index in [0.717, 1.165) is 16.8 Å². The molecule has 0 aliphatic rings. The fourth-order valence-corrected chi connectivity index (χ4v) is 2.20. The van der Waals surface area contributed by atoms with Gasteiger partial charge in [-0.1, -0.05) is 0 Å². The number of hydrogen-bond acceptors (Lipinski definition) is 3. The second kappa shape index (κ2) is 7.01. The molecule has 3 nitrogen and oxygen atoms in total. The molecule has 0 radical (unpaired) electrons. The van der Waals surface area contributed by atoms with E-state index in [2.05, 4.69) is 34.1 Å². The van der Waals surface area contributed by atoms with Gasteiger partial charge in [0.05, 0.1) is 5.56 Å². The Balaban J connectivity index is 2.65. The largest absolute Gasteiger partial charge is 0.339 e. The van der Waals surface area contributed by atoms with Crippen molar-refractivity contribution in [3.8, 4) is 0 Å². The van der Waals surface area contributed by atoms with E-state index in [1.54, 1.807) is 35.0 Å². The lowest BCUT2D eigenvalue weighted by molar-refractivity contribution is 0.0741. The zero-order valence-corrected chi connectivity index (χ0v) is 12.7. The number of thioether (sulfide) groups is 1. The summed E-state index contributed by atoms with van der Waals surface area (Å²) in [5.41, 5.74) is 0.631. The summed E-state index contributed by atoms with van der Waals surface area (Å²) in [6, 6.07) is 3.82. The molecule has 1 aromatic rings. The second-order valence-electron chi connectivity index (χ2n) is 3.92. The number of pyridine rings is 1. The summed E-state index contributed by atoms with van der Waals surface area (Å²) in [4.78, 5) is 18.0. The van der Waals surface area contributed by atoms with Gasteiger partial charge in [-0.2, -0.15) is 11.8 Å².